The molecule has 0 bridgehead atoms. The van der Waals surface area contributed by atoms with E-state index in [2.05, 4.69) is 28.9 Å². The number of amides is 1. The van der Waals surface area contributed by atoms with Gasteiger partial charge in [-0.2, -0.15) is 0 Å². The van der Waals surface area contributed by atoms with E-state index in [9.17, 15) is 13.2 Å². The van der Waals surface area contributed by atoms with E-state index in [1.54, 1.807) is 24.3 Å². The molecule has 1 aliphatic rings. The summed E-state index contributed by atoms with van der Waals surface area (Å²) in [5, 5.41) is 2.90. The Kier molecular flexibility index (Phi) is 7.12. The van der Waals surface area contributed by atoms with Crippen LogP contribution in [0.3, 0.4) is 0 Å². The molecule has 1 fully saturated rings. The van der Waals surface area contributed by atoms with Gasteiger partial charge in [0.2, 0.25) is 10.0 Å². The molecule has 1 saturated heterocycles. The molecule has 30 heavy (non-hydrogen) atoms. The van der Waals surface area contributed by atoms with Gasteiger partial charge in [-0.3, -0.25) is 9.10 Å². The second kappa shape index (κ2) is 9.77. The number of ether oxygens (including phenoxy) is 1. The maximum atomic E-state index is 12.5. The Balaban J connectivity index is 1.58. The van der Waals surface area contributed by atoms with Crippen molar-refractivity contribution in [3.05, 3.63) is 72.3 Å². The molecule has 1 amide bonds. The average molecular weight is 430 g/mol. The zero-order valence-electron chi connectivity index (χ0n) is 17.1. The van der Waals surface area contributed by atoms with Gasteiger partial charge in [0.05, 0.1) is 31.7 Å². The molecule has 1 N–H and O–H groups in total. The number of carbonyl (C=O) groups excluding carboxylic acids is 1. The average Bonchev–Trinajstić information content (AvgIpc) is 2.76. The van der Waals surface area contributed by atoms with Gasteiger partial charge in [-0.1, -0.05) is 18.2 Å². The molecule has 0 spiro atoms. The molecule has 0 unspecified atom stereocenters. The van der Waals surface area contributed by atoms with E-state index in [1.165, 1.54) is 10.4 Å². The fourth-order valence-corrected chi connectivity index (χ4v) is 4.14. The number of nitrogens with zero attached hydrogens (tertiary/aromatic N) is 2. The Morgan fingerprint density at radius 1 is 1.13 bits per heavy atom. The molecule has 0 atom stereocenters. The standard InChI is InChI=1S/C22H27N3O4S/c1-3-12-25(30(2,27)28)21-10-6-19(7-11-21)22(26)23-17-18-4-8-20(9-5-18)24-13-15-29-16-14-24/h3-11H,1,12-17H2,2H3,(H,23,26). The summed E-state index contributed by atoms with van der Waals surface area (Å²) in [6.07, 6.45) is 2.66. The van der Waals surface area contributed by atoms with Crippen molar-refractivity contribution in [2.24, 2.45) is 0 Å². The van der Waals surface area contributed by atoms with Gasteiger partial charge in [-0.25, -0.2) is 8.42 Å². The van der Waals surface area contributed by atoms with E-state index < -0.39 is 10.0 Å². The maximum Gasteiger partial charge on any atom is 0.251 e. The van der Waals surface area contributed by atoms with Crippen LogP contribution < -0.4 is 14.5 Å². The number of nitrogens with one attached hydrogen (secondary N) is 1. The van der Waals surface area contributed by atoms with Crippen LogP contribution in [0.4, 0.5) is 11.4 Å². The van der Waals surface area contributed by atoms with Crippen LogP contribution in [0.1, 0.15) is 15.9 Å². The first kappa shape index (κ1) is 21.9. The quantitative estimate of drug-likeness (QED) is 0.652. The monoisotopic (exact) mass is 429 g/mol. The molecule has 7 nitrogen and oxygen atoms in total. The van der Waals surface area contributed by atoms with E-state index in [0.717, 1.165) is 43.8 Å². The van der Waals surface area contributed by atoms with Crippen molar-refractivity contribution in [2.45, 2.75) is 6.54 Å². The van der Waals surface area contributed by atoms with Gasteiger partial charge in [0.25, 0.3) is 5.91 Å². The molecule has 3 rings (SSSR count). The SMILES string of the molecule is C=CCN(c1ccc(C(=O)NCc2ccc(N3CCOCC3)cc2)cc1)S(C)(=O)=O. The molecular formula is C22H27N3O4S. The Morgan fingerprint density at radius 3 is 2.33 bits per heavy atom. The predicted octanol–water partition coefficient (Wildman–Crippen LogP) is 2.41. The van der Waals surface area contributed by atoms with Gasteiger partial charge in [0, 0.05) is 30.9 Å². The molecule has 2 aromatic rings. The lowest BCUT2D eigenvalue weighted by atomic mass is 10.1. The normalized spacial score (nSPS) is 14.2. The van der Waals surface area contributed by atoms with Crippen molar-refractivity contribution in [1.82, 2.24) is 5.32 Å². The smallest absolute Gasteiger partial charge is 0.251 e. The third kappa shape index (κ3) is 5.61. The summed E-state index contributed by atoms with van der Waals surface area (Å²) in [5.74, 6) is -0.214. The number of hydrogen-bond donors (Lipinski definition) is 1. The lowest BCUT2D eigenvalue weighted by Crippen LogP contribution is -2.36. The van der Waals surface area contributed by atoms with E-state index in [1.807, 2.05) is 12.1 Å². The molecule has 2 aromatic carbocycles. The summed E-state index contributed by atoms with van der Waals surface area (Å²) in [7, 11) is -3.42. The van der Waals surface area contributed by atoms with Crippen molar-refractivity contribution >= 4 is 27.3 Å². The molecule has 0 radical (unpaired) electrons. The summed E-state index contributed by atoms with van der Waals surface area (Å²) >= 11 is 0. The molecule has 1 heterocycles. The topological polar surface area (TPSA) is 79.0 Å². The van der Waals surface area contributed by atoms with Gasteiger partial charge >= 0.3 is 0 Å². The minimum atomic E-state index is -3.42. The summed E-state index contributed by atoms with van der Waals surface area (Å²) in [6.45, 7) is 7.43. The van der Waals surface area contributed by atoms with E-state index >= 15 is 0 Å². The van der Waals surface area contributed by atoms with E-state index in [4.69, 9.17) is 4.74 Å². The van der Waals surface area contributed by atoms with Crippen molar-refractivity contribution < 1.29 is 17.9 Å². The highest BCUT2D eigenvalue weighted by molar-refractivity contribution is 7.92. The van der Waals surface area contributed by atoms with E-state index in [-0.39, 0.29) is 12.5 Å². The Labute approximate surface area is 178 Å². The number of sulfonamides is 1. The number of carbonyl (C=O) groups is 1. The molecular weight excluding hydrogens is 402 g/mol. The van der Waals surface area contributed by atoms with Gasteiger partial charge in [0.1, 0.15) is 0 Å². The number of benzene rings is 2. The molecule has 1 aliphatic heterocycles. The van der Waals surface area contributed by atoms with Crippen molar-refractivity contribution in [1.29, 1.82) is 0 Å². The predicted molar refractivity (Wildman–Crippen MR) is 119 cm³/mol. The number of anilines is 2. The minimum Gasteiger partial charge on any atom is -0.378 e. The molecule has 8 heteroatoms. The van der Waals surface area contributed by atoms with Crippen LogP contribution in [0.2, 0.25) is 0 Å². The fraction of sp³-hybridized carbons (Fsp3) is 0.318. The highest BCUT2D eigenvalue weighted by Gasteiger charge is 2.16. The van der Waals surface area contributed by atoms with Gasteiger partial charge in [-0.05, 0) is 42.0 Å². The fourth-order valence-electron chi connectivity index (χ4n) is 3.26. The first-order chi connectivity index (χ1) is 14.4. The van der Waals surface area contributed by atoms with Gasteiger partial charge in [0.15, 0.2) is 0 Å². The zero-order chi connectivity index (χ0) is 21.6. The first-order valence-electron chi connectivity index (χ1n) is 9.77. The molecule has 160 valence electrons. The number of hydrogen-bond acceptors (Lipinski definition) is 5. The van der Waals surface area contributed by atoms with Gasteiger partial charge in [-0.15, -0.1) is 6.58 Å². The van der Waals surface area contributed by atoms with E-state index in [0.29, 0.717) is 17.8 Å². The van der Waals surface area contributed by atoms with Crippen LogP contribution in [-0.4, -0.2) is 53.4 Å². The molecule has 0 saturated carbocycles. The van der Waals surface area contributed by atoms with Crippen molar-refractivity contribution in [3.63, 3.8) is 0 Å². The second-order valence-electron chi connectivity index (χ2n) is 7.08. The number of rotatable bonds is 8. The number of morpholine rings is 1. The second-order valence-corrected chi connectivity index (χ2v) is 8.99. The highest BCUT2D eigenvalue weighted by atomic mass is 32.2. The van der Waals surface area contributed by atoms with Crippen LogP contribution in [0, 0.1) is 0 Å². The van der Waals surface area contributed by atoms with Crippen molar-refractivity contribution in [3.8, 4) is 0 Å². The highest BCUT2D eigenvalue weighted by Crippen LogP contribution is 2.19. The van der Waals surface area contributed by atoms with Crippen LogP contribution in [-0.2, 0) is 21.3 Å². The Bertz CT molecular complexity index is 966. The summed E-state index contributed by atoms with van der Waals surface area (Å²) in [5.41, 5.74) is 3.12. The minimum absolute atomic E-state index is 0.171. The third-order valence-electron chi connectivity index (χ3n) is 4.88. The molecule has 0 aromatic heterocycles. The molecule has 0 aliphatic carbocycles. The third-order valence-corrected chi connectivity index (χ3v) is 6.04. The van der Waals surface area contributed by atoms with Gasteiger partial charge < -0.3 is 15.0 Å². The Morgan fingerprint density at radius 2 is 1.77 bits per heavy atom. The summed E-state index contributed by atoms with van der Waals surface area (Å²) < 4.78 is 30.4. The van der Waals surface area contributed by atoms with Crippen LogP contribution in [0.5, 0.6) is 0 Å². The van der Waals surface area contributed by atoms with Crippen LogP contribution in [0.15, 0.2) is 61.2 Å². The maximum absolute atomic E-state index is 12.5. The summed E-state index contributed by atoms with van der Waals surface area (Å²) in [6, 6.07) is 14.6. The van der Waals surface area contributed by atoms with Crippen LogP contribution >= 0.6 is 0 Å². The lowest BCUT2D eigenvalue weighted by Gasteiger charge is -2.28. The largest absolute Gasteiger partial charge is 0.378 e. The zero-order valence-corrected chi connectivity index (χ0v) is 17.9. The van der Waals surface area contributed by atoms with Crippen molar-refractivity contribution in [2.75, 3.05) is 48.3 Å². The summed E-state index contributed by atoms with van der Waals surface area (Å²) in [4.78, 5) is 14.7. The lowest BCUT2D eigenvalue weighted by molar-refractivity contribution is 0.0951. The Hall–Kier alpha value is -2.84. The van der Waals surface area contributed by atoms with Crippen LogP contribution in [0.25, 0.3) is 0 Å². The first-order valence-corrected chi connectivity index (χ1v) is 11.6.